The number of aromatic nitrogens is 1. The lowest BCUT2D eigenvalue weighted by Gasteiger charge is -2.43. The number of piperazine rings is 1. The van der Waals surface area contributed by atoms with Gasteiger partial charge < -0.3 is 4.74 Å². The largest absolute Gasteiger partial charge is 0.383 e. The van der Waals surface area contributed by atoms with Crippen molar-refractivity contribution in [3.63, 3.8) is 0 Å². The third kappa shape index (κ3) is 3.78. The van der Waals surface area contributed by atoms with Crippen molar-refractivity contribution in [1.82, 2.24) is 14.8 Å². The molecule has 0 aliphatic carbocycles. The molecule has 0 bridgehead atoms. The van der Waals surface area contributed by atoms with E-state index < -0.39 is 0 Å². The number of pyridine rings is 1. The minimum absolute atomic E-state index is 0.447. The van der Waals surface area contributed by atoms with E-state index in [0.717, 1.165) is 32.8 Å². The van der Waals surface area contributed by atoms with Crippen LogP contribution in [-0.4, -0.2) is 60.7 Å². The molecule has 1 saturated heterocycles. The zero-order chi connectivity index (χ0) is 14.4. The number of hydrogen-bond acceptors (Lipinski definition) is 4. The fourth-order valence-corrected chi connectivity index (χ4v) is 2.99. The number of methoxy groups -OCH3 is 1. The smallest absolute Gasteiger partial charge is 0.0589 e. The molecule has 1 aromatic heterocycles. The van der Waals surface area contributed by atoms with Gasteiger partial charge in [0.15, 0.2) is 0 Å². The zero-order valence-corrected chi connectivity index (χ0v) is 13.0. The lowest BCUT2D eigenvalue weighted by Crippen LogP contribution is -2.54. The van der Waals surface area contributed by atoms with Gasteiger partial charge in [-0.25, -0.2) is 0 Å². The summed E-state index contributed by atoms with van der Waals surface area (Å²) >= 11 is 0. The van der Waals surface area contributed by atoms with Crippen LogP contribution < -0.4 is 0 Å². The van der Waals surface area contributed by atoms with Crippen molar-refractivity contribution in [2.75, 3.05) is 39.9 Å². The summed E-state index contributed by atoms with van der Waals surface area (Å²) in [6.07, 6.45) is 5.02. The third-order valence-corrected chi connectivity index (χ3v) is 4.40. The van der Waals surface area contributed by atoms with E-state index in [9.17, 15) is 0 Å². The number of nitrogens with zero attached hydrogens (tertiary/aromatic N) is 3. The molecule has 0 N–H and O–H groups in total. The molecule has 112 valence electrons. The van der Waals surface area contributed by atoms with Gasteiger partial charge in [0.05, 0.1) is 6.61 Å². The maximum Gasteiger partial charge on any atom is 0.0589 e. The van der Waals surface area contributed by atoms with Crippen LogP contribution in [0.2, 0.25) is 0 Å². The maximum absolute atomic E-state index is 5.22. The van der Waals surface area contributed by atoms with Gasteiger partial charge in [0.25, 0.3) is 0 Å². The minimum atomic E-state index is 0.447. The Hall–Kier alpha value is -0.970. The summed E-state index contributed by atoms with van der Waals surface area (Å²) in [7, 11) is 1.78. The summed E-state index contributed by atoms with van der Waals surface area (Å²) in [5.74, 6) is 0. The van der Waals surface area contributed by atoms with Gasteiger partial charge in [-0.15, -0.1) is 0 Å². The monoisotopic (exact) mass is 277 g/mol. The molecule has 4 nitrogen and oxygen atoms in total. The topological polar surface area (TPSA) is 28.6 Å². The lowest BCUT2D eigenvalue weighted by atomic mass is 10.0. The SMILES string of the molecule is CCC1CN(C(C)c2cccnc2)CCN1CCOC. The zero-order valence-electron chi connectivity index (χ0n) is 13.0. The quantitative estimate of drug-likeness (QED) is 0.797. The molecule has 1 aliphatic rings. The van der Waals surface area contributed by atoms with Crippen molar-refractivity contribution in [3.05, 3.63) is 30.1 Å². The summed E-state index contributed by atoms with van der Waals surface area (Å²) in [5, 5.41) is 0. The van der Waals surface area contributed by atoms with Gasteiger partial charge in [0.2, 0.25) is 0 Å². The fourth-order valence-electron chi connectivity index (χ4n) is 2.99. The lowest BCUT2D eigenvalue weighted by molar-refractivity contribution is 0.0332. The van der Waals surface area contributed by atoms with Gasteiger partial charge >= 0.3 is 0 Å². The predicted octanol–water partition coefficient (Wildman–Crippen LogP) is 2.19. The molecular weight excluding hydrogens is 250 g/mol. The number of ether oxygens (including phenoxy) is 1. The van der Waals surface area contributed by atoms with Crippen molar-refractivity contribution in [1.29, 1.82) is 0 Å². The Morgan fingerprint density at radius 3 is 2.95 bits per heavy atom. The number of rotatable bonds is 6. The summed E-state index contributed by atoms with van der Waals surface area (Å²) < 4.78 is 5.22. The number of hydrogen-bond donors (Lipinski definition) is 0. The van der Waals surface area contributed by atoms with Crippen molar-refractivity contribution < 1.29 is 4.74 Å². The molecule has 1 aliphatic heterocycles. The Morgan fingerprint density at radius 2 is 2.30 bits per heavy atom. The van der Waals surface area contributed by atoms with Crippen LogP contribution in [0.5, 0.6) is 0 Å². The average Bonchev–Trinajstić information content (AvgIpc) is 2.52. The Balaban J connectivity index is 1.95. The van der Waals surface area contributed by atoms with Crippen LogP contribution in [0, 0.1) is 0 Å². The van der Waals surface area contributed by atoms with Gasteiger partial charge in [0, 0.05) is 57.8 Å². The van der Waals surface area contributed by atoms with Crippen molar-refractivity contribution in [2.24, 2.45) is 0 Å². The van der Waals surface area contributed by atoms with E-state index in [1.54, 1.807) is 7.11 Å². The molecular formula is C16H27N3O. The van der Waals surface area contributed by atoms with Gasteiger partial charge in [-0.2, -0.15) is 0 Å². The highest BCUT2D eigenvalue weighted by atomic mass is 16.5. The minimum Gasteiger partial charge on any atom is -0.383 e. The molecule has 0 radical (unpaired) electrons. The van der Waals surface area contributed by atoms with Gasteiger partial charge in [-0.05, 0) is 25.0 Å². The van der Waals surface area contributed by atoms with E-state index in [1.165, 1.54) is 12.0 Å². The highest BCUT2D eigenvalue weighted by Gasteiger charge is 2.28. The highest BCUT2D eigenvalue weighted by molar-refractivity contribution is 5.13. The average molecular weight is 277 g/mol. The second-order valence-electron chi connectivity index (χ2n) is 5.55. The molecule has 0 saturated carbocycles. The maximum atomic E-state index is 5.22. The third-order valence-electron chi connectivity index (χ3n) is 4.40. The second-order valence-corrected chi connectivity index (χ2v) is 5.55. The van der Waals surface area contributed by atoms with Crippen LogP contribution in [0.3, 0.4) is 0 Å². The van der Waals surface area contributed by atoms with Gasteiger partial charge in [-0.3, -0.25) is 14.8 Å². The molecule has 20 heavy (non-hydrogen) atoms. The highest BCUT2D eigenvalue weighted by Crippen LogP contribution is 2.23. The first-order chi connectivity index (χ1) is 9.76. The van der Waals surface area contributed by atoms with Crippen molar-refractivity contribution >= 4 is 0 Å². The first-order valence-electron chi connectivity index (χ1n) is 7.63. The summed E-state index contributed by atoms with van der Waals surface area (Å²) in [6, 6.07) is 5.29. The predicted molar refractivity (Wildman–Crippen MR) is 81.8 cm³/mol. The van der Waals surface area contributed by atoms with E-state index in [4.69, 9.17) is 4.74 Å². The van der Waals surface area contributed by atoms with E-state index in [-0.39, 0.29) is 0 Å². The van der Waals surface area contributed by atoms with Crippen molar-refractivity contribution in [2.45, 2.75) is 32.4 Å². The molecule has 2 atom stereocenters. The summed E-state index contributed by atoms with van der Waals surface area (Å²) in [4.78, 5) is 9.38. The Kier molecular flexibility index (Phi) is 5.95. The first-order valence-corrected chi connectivity index (χ1v) is 7.63. The molecule has 2 rings (SSSR count). The van der Waals surface area contributed by atoms with E-state index in [0.29, 0.717) is 12.1 Å². The molecule has 0 aromatic carbocycles. The molecule has 2 unspecified atom stereocenters. The van der Waals surface area contributed by atoms with E-state index >= 15 is 0 Å². The molecule has 1 aromatic rings. The van der Waals surface area contributed by atoms with Crippen LogP contribution >= 0.6 is 0 Å². The van der Waals surface area contributed by atoms with Crippen LogP contribution in [-0.2, 0) is 4.74 Å². The first kappa shape index (κ1) is 15.4. The standard InChI is InChI=1S/C16H27N3O/c1-4-16-13-19(9-8-18(16)10-11-20-3)14(2)15-6-5-7-17-12-15/h5-7,12,14,16H,4,8-11,13H2,1-3H3. The van der Waals surface area contributed by atoms with Gasteiger partial charge in [0.1, 0.15) is 0 Å². The second kappa shape index (κ2) is 7.72. The van der Waals surface area contributed by atoms with Crippen LogP contribution in [0.1, 0.15) is 31.9 Å². The molecule has 4 heteroatoms. The van der Waals surface area contributed by atoms with Crippen LogP contribution in [0.4, 0.5) is 0 Å². The van der Waals surface area contributed by atoms with E-state index in [2.05, 4.69) is 34.7 Å². The van der Waals surface area contributed by atoms with E-state index in [1.807, 2.05) is 18.5 Å². The summed E-state index contributed by atoms with van der Waals surface area (Å²) in [5.41, 5.74) is 1.31. The van der Waals surface area contributed by atoms with Crippen LogP contribution in [0.15, 0.2) is 24.5 Å². The molecule has 2 heterocycles. The Bertz CT molecular complexity index is 385. The fraction of sp³-hybridized carbons (Fsp3) is 0.688. The van der Waals surface area contributed by atoms with Gasteiger partial charge in [-0.1, -0.05) is 13.0 Å². The Morgan fingerprint density at radius 1 is 1.45 bits per heavy atom. The molecule has 0 amide bonds. The molecule has 0 spiro atoms. The normalized spacial score (nSPS) is 22.9. The molecule has 1 fully saturated rings. The van der Waals surface area contributed by atoms with Crippen molar-refractivity contribution in [3.8, 4) is 0 Å². The van der Waals surface area contributed by atoms with Crippen LogP contribution in [0.25, 0.3) is 0 Å². The Labute approximate surface area is 122 Å². The summed E-state index contributed by atoms with van der Waals surface area (Å²) in [6.45, 7) is 9.83.